The van der Waals surface area contributed by atoms with Gasteiger partial charge in [0.25, 0.3) is 0 Å². The summed E-state index contributed by atoms with van der Waals surface area (Å²) in [4.78, 5) is 10.3. The highest BCUT2D eigenvalue weighted by molar-refractivity contribution is 6.32. The van der Waals surface area contributed by atoms with Crippen LogP contribution in [-0.4, -0.2) is 21.4 Å². The lowest BCUT2D eigenvalue weighted by molar-refractivity contribution is -0.131. The normalized spacial score (nSPS) is 11.3. The molecule has 6 heteroatoms. The van der Waals surface area contributed by atoms with Crippen LogP contribution in [0.2, 0.25) is 5.02 Å². The molecular formula is C9H5ClN2O3. The van der Waals surface area contributed by atoms with Gasteiger partial charge >= 0.3 is 5.97 Å². The molecule has 0 bridgehead atoms. The second-order valence-electron chi connectivity index (χ2n) is 2.80. The summed E-state index contributed by atoms with van der Waals surface area (Å²) in [6.45, 7) is 0. The van der Waals surface area contributed by atoms with E-state index in [1.165, 1.54) is 6.08 Å². The summed E-state index contributed by atoms with van der Waals surface area (Å²) >= 11 is 5.89. The quantitative estimate of drug-likeness (QED) is 0.790. The first-order valence-corrected chi connectivity index (χ1v) is 4.37. The Morgan fingerprint density at radius 1 is 1.40 bits per heavy atom. The zero-order valence-electron chi connectivity index (χ0n) is 7.35. The van der Waals surface area contributed by atoms with Crippen molar-refractivity contribution >= 4 is 34.7 Å². The third-order valence-electron chi connectivity index (χ3n) is 1.78. The Morgan fingerprint density at radius 3 is 2.73 bits per heavy atom. The van der Waals surface area contributed by atoms with E-state index in [-0.39, 0.29) is 0 Å². The molecule has 1 aromatic carbocycles. The Morgan fingerprint density at radius 2 is 2.07 bits per heavy atom. The molecule has 0 saturated carbocycles. The van der Waals surface area contributed by atoms with Crippen LogP contribution in [0, 0.1) is 0 Å². The maximum absolute atomic E-state index is 10.3. The maximum Gasteiger partial charge on any atom is 0.328 e. The molecule has 2 rings (SSSR count). The fourth-order valence-electron chi connectivity index (χ4n) is 1.11. The minimum atomic E-state index is -1.04. The molecule has 0 amide bonds. The summed E-state index contributed by atoms with van der Waals surface area (Å²) in [7, 11) is 0. The first-order chi connectivity index (χ1) is 7.16. The second kappa shape index (κ2) is 3.70. The van der Waals surface area contributed by atoms with Crippen molar-refractivity contribution in [1.29, 1.82) is 0 Å². The molecule has 0 aliphatic heterocycles. The van der Waals surface area contributed by atoms with E-state index in [1.807, 2.05) is 0 Å². The van der Waals surface area contributed by atoms with Gasteiger partial charge in [0.1, 0.15) is 11.0 Å². The topological polar surface area (TPSA) is 76.2 Å². The van der Waals surface area contributed by atoms with E-state index in [4.69, 9.17) is 16.7 Å². The molecule has 0 atom stereocenters. The predicted octanol–water partition coefficient (Wildman–Crippen LogP) is 1.97. The number of fused-ring (bicyclic) bond motifs is 1. The Bertz CT molecular complexity index is 547. The van der Waals surface area contributed by atoms with Gasteiger partial charge in [-0.3, -0.25) is 0 Å². The van der Waals surface area contributed by atoms with Gasteiger partial charge in [-0.05, 0) is 34.1 Å². The second-order valence-corrected chi connectivity index (χ2v) is 3.21. The van der Waals surface area contributed by atoms with E-state index in [9.17, 15) is 4.79 Å². The van der Waals surface area contributed by atoms with Crippen LogP contribution in [0.25, 0.3) is 17.1 Å². The number of halogens is 1. The number of hydrogen-bond acceptors (Lipinski definition) is 4. The zero-order chi connectivity index (χ0) is 10.8. The molecule has 76 valence electrons. The lowest BCUT2D eigenvalue weighted by Crippen LogP contribution is -1.86. The van der Waals surface area contributed by atoms with Crippen LogP contribution in [0.3, 0.4) is 0 Å². The zero-order valence-corrected chi connectivity index (χ0v) is 8.10. The number of carboxylic acids is 1. The highest BCUT2D eigenvalue weighted by Crippen LogP contribution is 2.22. The van der Waals surface area contributed by atoms with Crippen LogP contribution in [0.1, 0.15) is 5.56 Å². The van der Waals surface area contributed by atoms with Gasteiger partial charge < -0.3 is 5.11 Å². The summed E-state index contributed by atoms with van der Waals surface area (Å²) in [5.41, 5.74) is 1.62. The lowest BCUT2D eigenvalue weighted by atomic mass is 10.2. The van der Waals surface area contributed by atoms with Gasteiger partial charge in [0, 0.05) is 6.08 Å². The summed E-state index contributed by atoms with van der Waals surface area (Å²) < 4.78 is 4.50. The number of benzene rings is 1. The van der Waals surface area contributed by atoms with Gasteiger partial charge in [-0.25, -0.2) is 9.42 Å². The standard InChI is InChI=1S/C9H5ClN2O3/c10-6-4-8-7(11-15-12-8)3-5(6)1-2-9(13)14/h1-4H,(H,13,14). The van der Waals surface area contributed by atoms with Gasteiger partial charge in [0.15, 0.2) is 0 Å². The monoisotopic (exact) mass is 224 g/mol. The summed E-state index contributed by atoms with van der Waals surface area (Å²) in [5.74, 6) is -1.04. The van der Waals surface area contributed by atoms with Crippen LogP contribution < -0.4 is 0 Å². The minimum Gasteiger partial charge on any atom is -0.478 e. The van der Waals surface area contributed by atoms with Gasteiger partial charge in [-0.15, -0.1) is 0 Å². The highest BCUT2D eigenvalue weighted by Gasteiger charge is 2.05. The Labute approximate surface area is 88.9 Å². The molecule has 0 spiro atoms. The number of carbonyl (C=O) groups is 1. The Balaban J connectivity index is 2.50. The molecule has 0 aliphatic rings. The molecule has 0 fully saturated rings. The average molecular weight is 225 g/mol. The molecule has 15 heavy (non-hydrogen) atoms. The minimum absolute atomic E-state index is 0.399. The van der Waals surface area contributed by atoms with E-state index in [2.05, 4.69) is 14.9 Å². The molecule has 0 saturated heterocycles. The van der Waals surface area contributed by atoms with Crippen molar-refractivity contribution in [3.63, 3.8) is 0 Å². The molecular weight excluding hydrogens is 220 g/mol. The van der Waals surface area contributed by atoms with Crippen molar-refractivity contribution < 1.29 is 14.5 Å². The molecule has 2 aromatic rings. The van der Waals surface area contributed by atoms with Crippen molar-refractivity contribution in [2.45, 2.75) is 0 Å². The van der Waals surface area contributed by atoms with Gasteiger partial charge in [-0.1, -0.05) is 11.6 Å². The maximum atomic E-state index is 10.3. The van der Waals surface area contributed by atoms with Crippen molar-refractivity contribution in [3.8, 4) is 0 Å². The van der Waals surface area contributed by atoms with Crippen molar-refractivity contribution in [2.75, 3.05) is 0 Å². The summed E-state index contributed by atoms with van der Waals surface area (Å²) in [6.07, 6.45) is 2.39. The van der Waals surface area contributed by atoms with E-state index >= 15 is 0 Å². The van der Waals surface area contributed by atoms with Gasteiger partial charge in [0.05, 0.1) is 5.02 Å². The van der Waals surface area contributed by atoms with Crippen LogP contribution in [-0.2, 0) is 4.79 Å². The predicted molar refractivity (Wildman–Crippen MR) is 53.5 cm³/mol. The number of hydrogen-bond donors (Lipinski definition) is 1. The van der Waals surface area contributed by atoms with Crippen LogP contribution in [0.5, 0.6) is 0 Å². The van der Waals surface area contributed by atoms with Gasteiger partial charge in [-0.2, -0.15) is 0 Å². The first kappa shape index (κ1) is 9.67. The largest absolute Gasteiger partial charge is 0.478 e. The molecule has 1 aromatic heterocycles. The Hall–Kier alpha value is -1.88. The number of carboxylic acid groups (broad SMARTS) is 1. The SMILES string of the molecule is O=C(O)C=Cc1cc2nonc2cc1Cl. The van der Waals surface area contributed by atoms with Crippen molar-refractivity contribution in [3.05, 3.63) is 28.8 Å². The third kappa shape index (κ3) is 1.97. The first-order valence-electron chi connectivity index (χ1n) is 3.99. The number of aromatic nitrogens is 2. The number of nitrogens with zero attached hydrogens (tertiary/aromatic N) is 2. The smallest absolute Gasteiger partial charge is 0.328 e. The molecule has 0 unspecified atom stereocenters. The highest BCUT2D eigenvalue weighted by atomic mass is 35.5. The van der Waals surface area contributed by atoms with Gasteiger partial charge in [0.2, 0.25) is 0 Å². The molecule has 1 N–H and O–H groups in total. The summed E-state index contributed by atoms with van der Waals surface area (Å²) in [6, 6.07) is 3.17. The van der Waals surface area contributed by atoms with E-state index in [0.29, 0.717) is 21.6 Å². The van der Waals surface area contributed by atoms with E-state index in [0.717, 1.165) is 6.08 Å². The van der Waals surface area contributed by atoms with E-state index < -0.39 is 5.97 Å². The molecule has 0 aliphatic carbocycles. The summed E-state index contributed by atoms with van der Waals surface area (Å²) in [5, 5.41) is 16.1. The van der Waals surface area contributed by atoms with Crippen LogP contribution >= 0.6 is 11.6 Å². The fourth-order valence-corrected chi connectivity index (χ4v) is 1.33. The van der Waals surface area contributed by atoms with Crippen molar-refractivity contribution in [1.82, 2.24) is 10.3 Å². The number of aliphatic carboxylic acids is 1. The average Bonchev–Trinajstić information content (AvgIpc) is 2.60. The Kier molecular flexibility index (Phi) is 2.39. The molecule has 5 nitrogen and oxygen atoms in total. The van der Waals surface area contributed by atoms with E-state index in [1.54, 1.807) is 12.1 Å². The number of rotatable bonds is 2. The lowest BCUT2D eigenvalue weighted by Gasteiger charge is -1.95. The van der Waals surface area contributed by atoms with Crippen LogP contribution in [0.15, 0.2) is 22.8 Å². The fraction of sp³-hybridized carbons (Fsp3) is 0. The third-order valence-corrected chi connectivity index (χ3v) is 2.11. The molecule has 1 heterocycles. The van der Waals surface area contributed by atoms with Crippen LogP contribution in [0.4, 0.5) is 0 Å². The van der Waals surface area contributed by atoms with Crippen molar-refractivity contribution in [2.24, 2.45) is 0 Å². The molecule has 0 radical (unpaired) electrons.